The van der Waals surface area contributed by atoms with E-state index in [-0.39, 0.29) is 27.9 Å². The number of carbonyl (C=O) groups is 1. The molecule has 2 aliphatic rings. The van der Waals surface area contributed by atoms with Crippen LogP contribution >= 0.6 is 0 Å². The number of hydrogen-bond acceptors (Lipinski definition) is 5. The van der Waals surface area contributed by atoms with Crippen molar-refractivity contribution in [3.05, 3.63) is 95.2 Å². The lowest BCUT2D eigenvalue weighted by atomic mass is 10.1. The van der Waals surface area contributed by atoms with Crippen molar-refractivity contribution in [2.75, 3.05) is 4.31 Å². The molecule has 3 aromatic carbocycles. The Morgan fingerprint density at radius 2 is 1.70 bits per heavy atom. The first-order valence-corrected chi connectivity index (χ1v) is 14.1. The summed E-state index contributed by atoms with van der Waals surface area (Å²) in [7, 11) is -4.29. The molecule has 6 rings (SSSR count). The summed E-state index contributed by atoms with van der Waals surface area (Å²) in [4.78, 5) is 16.1. The third-order valence-electron chi connectivity index (χ3n) is 7.28. The zero-order valence-corrected chi connectivity index (χ0v) is 21.7. The van der Waals surface area contributed by atoms with Crippen molar-refractivity contribution in [2.45, 2.75) is 48.9 Å². The number of aromatic carboxylic acids is 1. The smallest absolute Gasteiger partial charge is 0.478 e. The Hall–Kier alpha value is -4.12. The van der Waals surface area contributed by atoms with Crippen LogP contribution < -0.4 is 9.04 Å². The second-order valence-electron chi connectivity index (χ2n) is 9.95. The molecular weight excluding hydrogens is 545 g/mol. The maximum absolute atomic E-state index is 14.3. The molecule has 1 fully saturated rings. The number of sulfonamides is 1. The lowest BCUT2D eigenvalue weighted by Crippen LogP contribution is -2.35. The van der Waals surface area contributed by atoms with Crippen LogP contribution in [0.15, 0.2) is 77.7 Å². The van der Waals surface area contributed by atoms with Gasteiger partial charge in [-0.2, -0.15) is 0 Å². The summed E-state index contributed by atoms with van der Waals surface area (Å²) in [5.41, 5.74) is 1.86. The van der Waals surface area contributed by atoms with E-state index in [0.29, 0.717) is 24.0 Å². The fraction of sp³-hybridized carbons (Fsp3) is 0.241. The highest BCUT2D eigenvalue weighted by molar-refractivity contribution is 7.92. The third-order valence-corrected chi connectivity index (χ3v) is 9.11. The standard InChI is InChI=1S/C29H23F3N2O5S/c30-29(31,32)39-21-10-13-23-20(15-21)9-14-25(23)34(40(37,38)22-11-7-18(8-12-22)28(35)36)26-16-19-3-1-2-4-24(19)27(33-26)17-5-6-17/h1-4,7-8,10-13,15-17,25H,5-6,9,14H2,(H,35,36). The van der Waals surface area contributed by atoms with Crippen molar-refractivity contribution in [1.29, 1.82) is 0 Å². The molecule has 11 heteroatoms. The minimum absolute atomic E-state index is 0.0613. The molecular formula is C29H23F3N2O5S. The number of aromatic nitrogens is 1. The van der Waals surface area contributed by atoms with Crippen molar-refractivity contribution >= 4 is 32.6 Å². The maximum Gasteiger partial charge on any atom is 0.573 e. The summed E-state index contributed by atoms with van der Waals surface area (Å²) < 4.78 is 72.3. The van der Waals surface area contributed by atoms with Crippen molar-refractivity contribution in [2.24, 2.45) is 0 Å². The highest BCUT2D eigenvalue weighted by atomic mass is 32.2. The fourth-order valence-electron chi connectivity index (χ4n) is 5.34. The van der Waals surface area contributed by atoms with E-state index >= 15 is 0 Å². The van der Waals surface area contributed by atoms with Crippen LogP contribution in [0.2, 0.25) is 0 Å². The van der Waals surface area contributed by atoms with E-state index in [9.17, 15) is 31.5 Å². The van der Waals surface area contributed by atoms with E-state index in [2.05, 4.69) is 4.74 Å². The largest absolute Gasteiger partial charge is 0.573 e. The molecule has 1 saturated carbocycles. The first-order valence-electron chi connectivity index (χ1n) is 12.7. The molecule has 1 N–H and O–H groups in total. The van der Waals surface area contributed by atoms with Gasteiger partial charge < -0.3 is 9.84 Å². The van der Waals surface area contributed by atoms with Crippen LogP contribution in [-0.2, 0) is 16.4 Å². The topological polar surface area (TPSA) is 96.8 Å². The average molecular weight is 569 g/mol. The van der Waals surface area contributed by atoms with Gasteiger partial charge in [-0.15, -0.1) is 13.2 Å². The van der Waals surface area contributed by atoms with Gasteiger partial charge in [0.05, 0.1) is 22.2 Å². The number of aryl methyl sites for hydroxylation is 1. The predicted octanol–water partition coefficient (Wildman–Crippen LogP) is 6.59. The van der Waals surface area contributed by atoms with Crippen LogP contribution in [0.4, 0.5) is 19.0 Å². The molecule has 2 aliphatic carbocycles. The summed E-state index contributed by atoms with van der Waals surface area (Å²) in [5.74, 6) is -1.14. The summed E-state index contributed by atoms with van der Waals surface area (Å²) in [6.45, 7) is 0. The van der Waals surface area contributed by atoms with E-state index in [0.717, 1.165) is 29.3 Å². The molecule has 0 spiro atoms. The number of alkyl halides is 3. The molecule has 0 aliphatic heterocycles. The van der Waals surface area contributed by atoms with Gasteiger partial charge in [-0.25, -0.2) is 22.5 Å². The van der Waals surface area contributed by atoms with Crippen LogP contribution in [0.3, 0.4) is 0 Å². The number of rotatable bonds is 7. The quantitative estimate of drug-likeness (QED) is 0.270. The monoisotopic (exact) mass is 568 g/mol. The normalized spacial score (nSPS) is 17.0. The molecule has 0 radical (unpaired) electrons. The zero-order valence-electron chi connectivity index (χ0n) is 20.9. The van der Waals surface area contributed by atoms with Gasteiger partial charge in [0, 0.05) is 11.3 Å². The molecule has 40 heavy (non-hydrogen) atoms. The van der Waals surface area contributed by atoms with Crippen molar-refractivity contribution in [1.82, 2.24) is 4.98 Å². The summed E-state index contributed by atoms with van der Waals surface area (Å²) >= 11 is 0. The lowest BCUT2D eigenvalue weighted by Gasteiger charge is -2.31. The van der Waals surface area contributed by atoms with Crippen molar-refractivity contribution in [3.8, 4) is 5.75 Å². The van der Waals surface area contributed by atoms with E-state index < -0.39 is 28.4 Å². The van der Waals surface area contributed by atoms with Crippen molar-refractivity contribution in [3.63, 3.8) is 0 Å². The summed E-state index contributed by atoms with van der Waals surface area (Å²) in [6, 6.07) is 17.4. The molecule has 1 heterocycles. The Balaban J connectivity index is 1.51. The Bertz CT molecular complexity index is 1740. The van der Waals surface area contributed by atoms with E-state index in [1.165, 1.54) is 46.8 Å². The van der Waals surface area contributed by atoms with Gasteiger partial charge in [-0.05, 0) is 84.7 Å². The number of hydrogen-bond donors (Lipinski definition) is 1. The minimum Gasteiger partial charge on any atom is -0.478 e. The van der Waals surface area contributed by atoms with E-state index in [1.807, 2.05) is 24.3 Å². The van der Waals surface area contributed by atoms with Gasteiger partial charge in [0.1, 0.15) is 11.6 Å². The number of benzene rings is 3. The molecule has 0 saturated heterocycles. The second kappa shape index (κ2) is 9.51. The van der Waals surface area contributed by atoms with Crippen LogP contribution in [0.25, 0.3) is 10.8 Å². The Labute approximate surface area is 227 Å². The summed E-state index contributed by atoms with van der Waals surface area (Å²) in [6.07, 6.45) is -2.32. The third kappa shape index (κ3) is 4.85. The molecule has 4 aromatic rings. The Morgan fingerprint density at radius 3 is 2.38 bits per heavy atom. The second-order valence-corrected chi connectivity index (χ2v) is 11.8. The van der Waals surface area contributed by atoms with Gasteiger partial charge in [0.15, 0.2) is 0 Å². The Kier molecular flexibility index (Phi) is 6.21. The van der Waals surface area contributed by atoms with Crippen LogP contribution in [-0.4, -0.2) is 30.8 Å². The first-order chi connectivity index (χ1) is 19.0. The predicted molar refractivity (Wildman–Crippen MR) is 141 cm³/mol. The Morgan fingerprint density at radius 1 is 0.975 bits per heavy atom. The van der Waals surface area contributed by atoms with E-state index in [1.54, 1.807) is 6.07 Å². The number of fused-ring (bicyclic) bond motifs is 2. The molecule has 1 unspecified atom stereocenters. The van der Waals surface area contributed by atoms with Gasteiger partial charge in [0.2, 0.25) is 0 Å². The maximum atomic E-state index is 14.3. The molecule has 206 valence electrons. The number of anilines is 1. The van der Waals surface area contributed by atoms with Crippen LogP contribution in [0, 0.1) is 0 Å². The summed E-state index contributed by atoms with van der Waals surface area (Å²) in [5, 5.41) is 11.0. The number of nitrogens with zero attached hydrogens (tertiary/aromatic N) is 2. The van der Waals surface area contributed by atoms with Crippen LogP contribution in [0.1, 0.15) is 58.4 Å². The minimum atomic E-state index is -4.85. The SMILES string of the molecule is O=C(O)c1ccc(S(=O)(=O)N(c2cc3ccccc3c(C3CC3)n2)C2CCc3cc(OC(F)(F)F)ccc32)cc1. The molecule has 1 aromatic heterocycles. The van der Waals surface area contributed by atoms with Gasteiger partial charge in [-0.3, -0.25) is 0 Å². The fourth-order valence-corrected chi connectivity index (χ4v) is 6.94. The average Bonchev–Trinajstić information content (AvgIpc) is 3.68. The number of carboxylic acids is 1. The van der Waals surface area contributed by atoms with Gasteiger partial charge in [0.25, 0.3) is 10.0 Å². The first kappa shape index (κ1) is 26.1. The highest BCUT2D eigenvalue weighted by Gasteiger charge is 2.39. The van der Waals surface area contributed by atoms with Gasteiger partial charge >= 0.3 is 12.3 Å². The number of halogens is 3. The van der Waals surface area contributed by atoms with Gasteiger partial charge in [-0.1, -0.05) is 30.3 Å². The zero-order chi connectivity index (χ0) is 28.2. The number of pyridine rings is 1. The van der Waals surface area contributed by atoms with Crippen molar-refractivity contribution < 1.29 is 36.2 Å². The molecule has 1 atom stereocenters. The van der Waals surface area contributed by atoms with Crippen LogP contribution in [0.5, 0.6) is 5.75 Å². The lowest BCUT2D eigenvalue weighted by molar-refractivity contribution is -0.274. The number of carboxylic acid groups (broad SMARTS) is 1. The van der Waals surface area contributed by atoms with E-state index in [4.69, 9.17) is 4.98 Å². The number of ether oxygens (including phenoxy) is 1. The highest BCUT2D eigenvalue weighted by Crippen LogP contribution is 2.46. The molecule has 0 amide bonds. The molecule has 0 bridgehead atoms. The molecule has 7 nitrogen and oxygen atoms in total.